The van der Waals surface area contributed by atoms with Gasteiger partial charge in [-0.05, 0) is 72.8 Å². The third kappa shape index (κ3) is 5.06. The Morgan fingerprint density at radius 2 is 0.909 bits per heavy atom. The van der Waals surface area contributed by atoms with Crippen molar-refractivity contribution in [2.75, 3.05) is 0 Å². The summed E-state index contributed by atoms with van der Waals surface area (Å²) in [6.07, 6.45) is 8.09. The molecule has 0 aliphatic carbocycles. The molecule has 4 aromatic rings. The number of aromatic amines is 2. The van der Waals surface area contributed by atoms with Crippen molar-refractivity contribution >= 4 is 50.9 Å². The van der Waals surface area contributed by atoms with Gasteiger partial charge in [0.2, 0.25) is 0 Å². The molecule has 0 saturated heterocycles. The van der Waals surface area contributed by atoms with Crippen LogP contribution in [-0.2, 0) is 15.7 Å². The molecule has 164 valence electrons. The Balaban J connectivity index is 0.000000215. The van der Waals surface area contributed by atoms with Crippen molar-refractivity contribution in [2.45, 2.75) is 0 Å². The first kappa shape index (κ1) is 20.8. The van der Waals surface area contributed by atoms with Crippen molar-refractivity contribution in [3.05, 3.63) is 89.5 Å². The fraction of sp³-hybridized carbons (Fsp3) is 0. The molecule has 7 heteroatoms. The van der Waals surface area contributed by atoms with Crippen molar-refractivity contribution in [1.29, 1.82) is 0 Å². The van der Waals surface area contributed by atoms with E-state index in [0.29, 0.717) is 4.50 Å². The van der Waals surface area contributed by atoms with Crippen LogP contribution in [0.2, 0.25) is 0 Å². The van der Waals surface area contributed by atoms with Gasteiger partial charge in [-0.2, -0.15) is 0 Å². The van der Waals surface area contributed by atoms with E-state index in [1.165, 1.54) is 12.1 Å². The number of rotatable bonds is 0. The molecule has 8 bridgehead atoms. The number of aromatic nitrogens is 4. The SMILES string of the molecule is C1=Cc2cc3ccc(cc4nc(cc5ccc(cc1n2)[nH]5)C=C4)[nH]3.Oc1cc[c]([Co])cc1O. The summed E-state index contributed by atoms with van der Waals surface area (Å²) in [5.74, 6) is -0.257. The second-order valence-electron chi connectivity index (χ2n) is 7.51. The Bertz CT molecular complexity index is 1390. The van der Waals surface area contributed by atoms with Gasteiger partial charge >= 0.3 is 60.1 Å². The van der Waals surface area contributed by atoms with Crippen LogP contribution in [0, 0.1) is 0 Å². The number of nitrogens with zero attached hydrogens (tertiary/aromatic N) is 2. The van der Waals surface area contributed by atoms with E-state index < -0.39 is 0 Å². The molecule has 1 aromatic carbocycles. The summed E-state index contributed by atoms with van der Waals surface area (Å²) in [5.41, 5.74) is 7.86. The van der Waals surface area contributed by atoms with E-state index in [-0.39, 0.29) is 11.5 Å². The third-order valence-electron chi connectivity index (χ3n) is 4.97. The zero-order valence-electron chi connectivity index (χ0n) is 17.3. The molecule has 2 aliphatic rings. The number of benzene rings is 1. The maximum atomic E-state index is 8.80. The fourth-order valence-corrected chi connectivity index (χ4v) is 3.66. The fourth-order valence-electron chi connectivity index (χ4n) is 3.43. The van der Waals surface area contributed by atoms with Crippen molar-refractivity contribution in [3.63, 3.8) is 0 Å². The molecule has 0 unspecified atom stereocenters. The Labute approximate surface area is 197 Å². The molecule has 2 aliphatic heterocycles. The van der Waals surface area contributed by atoms with Gasteiger partial charge in [0.05, 0.1) is 22.8 Å². The first-order valence-corrected chi connectivity index (χ1v) is 10.7. The summed E-state index contributed by atoms with van der Waals surface area (Å²) >= 11 is 3.98. The van der Waals surface area contributed by atoms with Crippen molar-refractivity contribution in [3.8, 4) is 11.5 Å². The van der Waals surface area contributed by atoms with Gasteiger partial charge in [0.15, 0.2) is 0 Å². The number of hydrogen-bond donors (Lipinski definition) is 4. The second-order valence-corrected chi connectivity index (χ2v) is 8.11. The van der Waals surface area contributed by atoms with Gasteiger partial charge < -0.3 is 9.97 Å². The van der Waals surface area contributed by atoms with Gasteiger partial charge in [-0.1, -0.05) is 0 Å². The summed E-state index contributed by atoms with van der Waals surface area (Å²) in [6, 6.07) is 20.7. The van der Waals surface area contributed by atoms with Crippen molar-refractivity contribution in [2.24, 2.45) is 0 Å². The van der Waals surface area contributed by atoms with Crippen molar-refractivity contribution < 1.29 is 26.0 Å². The third-order valence-corrected chi connectivity index (χ3v) is 5.29. The number of H-pyrrole nitrogens is 2. The van der Waals surface area contributed by atoms with E-state index >= 15 is 0 Å². The van der Waals surface area contributed by atoms with Gasteiger partial charge in [-0.3, -0.25) is 0 Å². The molecule has 3 aromatic heterocycles. The zero-order chi connectivity index (χ0) is 22.8. The molecule has 4 N–H and O–H groups in total. The van der Waals surface area contributed by atoms with E-state index in [2.05, 4.69) is 59.9 Å². The first-order chi connectivity index (χ1) is 16.0. The van der Waals surface area contributed by atoms with E-state index in [1.807, 2.05) is 48.6 Å². The van der Waals surface area contributed by atoms with Crippen LogP contribution in [0.4, 0.5) is 0 Å². The van der Waals surface area contributed by atoms with Gasteiger partial charge in [0.25, 0.3) is 0 Å². The van der Waals surface area contributed by atoms with Crippen molar-refractivity contribution in [1.82, 2.24) is 19.9 Å². The molecular weight excluding hydrogens is 459 g/mol. The molecule has 0 spiro atoms. The molecule has 6 rings (SSSR count). The van der Waals surface area contributed by atoms with Crippen LogP contribution in [0.1, 0.15) is 22.8 Å². The van der Waals surface area contributed by atoms with Crippen LogP contribution in [0.5, 0.6) is 11.5 Å². The summed E-state index contributed by atoms with van der Waals surface area (Å²) in [7, 11) is 0. The van der Waals surface area contributed by atoms with Gasteiger partial charge in [-0.15, -0.1) is 0 Å². The Hall–Kier alpha value is -4.07. The minimum atomic E-state index is -0.138. The molecule has 0 saturated carbocycles. The van der Waals surface area contributed by atoms with E-state index in [0.717, 1.165) is 44.8 Å². The predicted molar refractivity (Wildman–Crippen MR) is 128 cm³/mol. The number of phenolic OH excluding ortho intramolecular Hbond substituents is 2. The van der Waals surface area contributed by atoms with Crippen LogP contribution in [0.3, 0.4) is 0 Å². The number of aromatic hydroxyl groups is 2. The summed E-state index contributed by atoms with van der Waals surface area (Å²) in [4.78, 5) is 16.0. The predicted octanol–water partition coefficient (Wildman–Crippen LogP) is 4.93. The zero-order valence-corrected chi connectivity index (χ0v) is 18.3. The molecular formula is C26H19CoN4O2. The molecule has 6 nitrogen and oxygen atoms in total. The minimum absolute atomic E-state index is 0.119. The number of fused-ring (bicyclic) bond motifs is 8. The number of nitrogens with one attached hydrogen (secondary N) is 2. The summed E-state index contributed by atoms with van der Waals surface area (Å²) in [5, 5.41) is 17.6. The number of hydrogen-bond acceptors (Lipinski definition) is 4. The van der Waals surface area contributed by atoms with E-state index in [1.54, 1.807) is 6.07 Å². The van der Waals surface area contributed by atoms with Crippen LogP contribution >= 0.6 is 0 Å². The topological polar surface area (TPSA) is 97.8 Å². The Kier molecular flexibility index (Phi) is 5.56. The standard InChI is InChI=1S/C20H14N4.C6H5O2.Co/c1-2-14-10-16-5-6-18(23-16)12-20-8-7-19(24-20)11-17-4-3-15(22-17)9-13(1)21-14;7-5-3-1-2-4-6(5)8;/h1-12,21,24H;1,3-4,7-8H;. The molecule has 5 heterocycles. The monoisotopic (exact) mass is 478 g/mol. The molecule has 0 radical (unpaired) electrons. The molecule has 0 fully saturated rings. The van der Waals surface area contributed by atoms with Gasteiger partial charge in [0, 0.05) is 22.1 Å². The average Bonchev–Trinajstić information content (AvgIpc) is 3.57. The quantitative estimate of drug-likeness (QED) is 0.233. The van der Waals surface area contributed by atoms with E-state index in [9.17, 15) is 0 Å². The van der Waals surface area contributed by atoms with Crippen LogP contribution in [-0.4, -0.2) is 30.1 Å². The first-order valence-electron chi connectivity index (χ1n) is 10.2. The molecule has 0 amide bonds. The molecule has 33 heavy (non-hydrogen) atoms. The maximum absolute atomic E-state index is 8.80. The summed E-state index contributed by atoms with van der Waals surface area (Å²) in [6.45, 7) is 0. The van der Waals surface area contributed by atoms with Gasteiger partial charge in [-0.25, -0.2) is 9.97 Å². The van der Waals surface area contributed by atoms with Gasteiger partial charge in [0.1, 0.15) is 0 Å². The second kappa shape index (κ2) is 8.82. The van der Waals surface area contributed by atoms with Crippen LogP contribution in [0.15, 0.2) is 66.7 Å². The average molecular weight is 478 g/mol. The Morgan fingerprint density at radius 3 is 1.24 bits per heavy atom. The van der Waals surface area contributed by atoms with E-state index in [4.69, 9.17) is 10.2 Å². The van der Waals surface area contributed by atoms with Crippen LogP contribution in [0.25, 0.3) is 46.4 Å². The Morgan fingerprint density at radius 1 is 0.515 bits per heavy atom. The normalized spacial score (nSPS) is 11.8. The van der Waals surface area contributed by atoms with Crippen LogP contribution < -0.4 is 4.50 Å². The summed E-state index contributed by atoms with van der Waals surface area (Å²) < 4.78 is 0.623. The number of phenols is 2. The molecule has 0 atom stereocenters.